The molecule has 6 nitrogen and oxygen atoms in total. The first-order valence-corrected chi connectivity index (χ1v) is 5.99. The van der Waals surface area contributed by atoms with Gasteiger partial charge in [-0.05, 0) is 31.5 Å². The molecule has 0 amide bonds. The predicted octanol–water partition coefficient (Wildman–Crippen LogP) is 2.42. The fourth-order valence-electron chi connectivity index (χ4n) is 1.56. The van der Waals surface area contributed by atoms with Crippen molar-refractivity contribution < 1.29 is 13.9 Å². The van der Waals surface area contributed by atoms with Crippen molar-refractivity contribution >= 4 is 12.0 Å². The molecule has 1 atom stereocenters. The molecule has 2 rings (SSSR count). The lowest BCUT2D eigenvalue weighted by Crippen LogP contribution is -2.08. The van der Waals surface area contributed by atoms with Crippen molar-refractivity contribution in [2.24, 2.45) is 0 Å². The molecule has 0 aliphatic rings. The minimum Gasteiger partial charge on any atom is -0.461 e. The Morgan fingerprint density at radius 2 is 2.21 bits per heavy atom. The van der Waals surface area contributed by atoms with Crippen LogP contribution in [0.4, 0.5) is 6.01 Å². The Morgan fingerprint density at radius 3 is 2.89 bits per heavy atom. The van der Waals surface area contributed by atoms with Gasteiger partial charge in [0, 0.05) is 12.4 Å². The summed E-state index contributed by atoms with van der Waals surface area (Å²) in [6, 6.07) is 4.07. The van der Waals surface area contributed by atoms with Gasteiger partial charge in [0.05, 0.1) is 12.6 Å². The van der Waals surface area contributed by atoms with Gasteiger partial charge in [-0.2, -0.15) is 4.98 Å². The third-order valence-electron chi connectivity index (χ3n) is 2.53. The average Bonchev–Trinajstić information content (AvgIpc) is 2.88. The van der Waals surface area contributed by atoms with Crippen LogP contribution in [-0.2, 0) is 4.74 Å². The summed E-state index contributed by atoms with van der Waals surface area (Å²) in [7, 11) is 0. The van der Waals surface area contributed by atoms with E-state index < -0.39 is 5.97 Å². The highest BCUT2D eigenvalue weighted by Gasteiger charge is 2.14. The van der Waals surface area contributed by atoms with Crippen LogP contribution in [0, 0.1) is 0 Å². The quantitative estimate of drug-likeness (QED) is 0.833. The Morgan fingerprint density at radius 1 is 1.47 bits per heavy atom. The minimum absolute atomic E-state index is 0.00306. The summed E-state index contributed by atoms with van der Waals surface area (Å²) in [5, 5.41) is 3.06. The van der Waals surface area contributed by atoms with E-state index in [4.69, 9.17) is 9.15 Å². The molecule has 0 aliphatic heterocycles. The maximum Gasteiger partial charge on any atom is 0.360 e. The van der Waals surface area contributed by atoms with Crippen molar-refractivity contribution in [2.45, 2.75) is 19.9 Å². The molecular weight excluding hydrogens is 246 g/mol. The predicted molar refractivity (Wildman–Crippen MR) is 68.7 cm³/mol. The number of rotatable bonds is 5. The fraction of sp³-hybridized carbons (Fsp3) is 0.308. The monoisotopic (exact) mass is 261 g/mol. The minimum atomic E-state index is -0.490. The lowest BCUT2D eigenvalue weighted by molar-refractivity contribution is 0.0519. The van der Waals surface area contributed by atoms with E-state index in [1.165, 1.54) is 6.26 Å². The van der Waals surface area contributed by atoms with Crippen LogP contribution in [0.2, 0.25) is 0 Å². The average molecular weight is 261 g/mol. The molecule has 0 fully saturated rings. The smallest absolute Gasteiger partial charge is 0.360 e. The molecule has 2 aromatic rings. The van der Waals surface area contributed by atoms with Gasteiger partial charge in [-0.1, -0.05) is 0 Å². The van der Waals surface area contributed by atoms with E-state index in [1.807, 2.05) is 19.1 Å². The zero-order valence-corrected chi connectivity index (χ0v) is 10.8. The molecule has 19 heavy (non-hydrogen) atoms. The maximum absolute atomic E-state index is 11.4. The van der Waals surface area contributed by atoms with Gasteiger partial charge in [0.15, 0.2) is 5.69 Å². The van der Waals surface area contributed by atoms with Crippen LogP contribution in [0.15, 0.2) is 35.2 Å². The van der Waals surface area contributed by atoms with Crippen molar-refractivity contribution in [3.05, 3.63) is 42.0 Å². The summed E-state index contributed by atoms with van der Waals surface area (Å²) in [5.74, 6) is -0.490. The molecule has 2 aromatic heterocycles. The summed E-state index contributed by atoms with van der Waals surface area (Å²) in [6.45, 7) is 4.01. The largest absolute Gasteiger partial charge is 0.461 e. The number of ether oxygens (including phenoxy) is 1. The zero-order valence-electron chi connectivity index (χ0n) is 10.8. The molecular formula is C13H15N3O3. The number of nitrogens with zero attached hydrogens (tertiary/aromatic N) is 2. The first-order chi connectivity index (χ1) is 9.20. The van der Waals surface area contributed by atoms with Gasteiger partial charge >= 0.3 is 5.97 Å². The van der Waals surface area contributed by atoms with Crippen molar-refractivity contribution in [3.63, 3.8) is 0 Å². The van der Waals surface area contributed by atoms with Gasteiger partial charge in [0.1, 0.15) is 6.26 Å². The van der Waals surface area contributed by atoms with Gasteiger partial charge < -0.3 is 14.5 Å². The van der Waals surface area contributed by atoms with E-state index in [9.17, 15) is 4.79 Å². The maximum atomic E-state index is 11.4. The number of esters is 1. The van der Waals surface area contributed by atoms with Crippen LogP contribution < -0.4 is 5.32 Å². The summed E-state index contributed by atoms with van der Waals surface area (Å²) in [6.07, 6.45) is 4.71. The zero-order chi connectivity index (χ0) is 13.7. The van der Waals surface area contributed by atoms with Crippen molar-refractivity contribution in [2.75, 3.05) is 11.9 Å². The van der Waals surface area contributed by atoms with Crippen LogP contribution in [0.5, 0.6) is 0 Å². The number of oxazole rings is 1. The van der Waals surface area contributed by atoms with E-state index in [-0.39, 0.29) is 17.8 Å². The first-order valence-electron chi connectivity index (χ1n) is 5.99. The van der Waals surface area contributed by atoms with Crippen molar-refractivity contribution in [1.82, 2.24) is 9.97 Å². The van der Waals surface area contributed by atoms with E-state index in [2.05, 4.69) is 15.3 Å². The van der Waals surface area contributed by atoms with Gasteiger partial charge in [-0.3, -0.25) is 4.98 Å². The Balaban J connectivity index is 2.02. The number of aromatic nitrogens is 2. The second-order valence-corrected chi connectivity index (χ2v) is 3.90. The molecule has 1 N–H and O–H groups in total. The van der Waals surface area contributed by atoms with Crippen LogP contribution in [0.3, 0.4) is 0 Å². The summed E-state index contributed by atoms with van der Waals surface area (Å²) in [5.41, 5.74) is 1.21. The molecule has 100 valence electrons. The number of nitrogens with one attached hydrogen (secondary N) is 1. The molecule has 0 radical (unpaired) electrons. The Hall–Kier alpha value is -2.37. The topological polar surface area (TPSA) is 77.2 Å². The second-order valence-electron chi connectivity index (χ2n) is 3.90. The Kier molecular flexibility index (Phi) is 4.12. The Bertz CT molecular complexity index is 539. The van der Waals surface area contributed by atoms with Crippen molar-refractivity contribution in [1.29, 1.82) is 0 Å². The number of hydrogen-bond donors (Lipinski definition) is 1. The lowest BCUT2D eigenvalue weighted by atomic mass is 10.1. The lowest BCUT2D eigenvalue weighted by Gasteiger charge is -2.11. The molecule has 0 saturated heterocycles. The number of anilines is 1. The third-order valence-corrected chi connectivity index (χ3v) is 2.53. The molecule has 0 aliphatic carbocycles. The molecule has 6 heteroatoms. The number of pyridine rings is 1. The van der Waals surface area contributed by atoms with Crippen LogP contribution in [0.1, 0.15) is 35.9 Å². The summed E-state index contributed by atoms with van der Waals surface area (Å²) < 4.78 is 10.0. The number of carbonyl (C=O) groups excluding carboxylic acids is 1. The van der Waals surface area contributed by atoms with Crippen molar-refractivity contribution in [3.8, 4) is 0 Å². The van der Waals surface area contributed by atoms with E-state index in [0.717, 1.165) is 5.56 Å². The van der Waals surface area contributed by atoms with Crippen LogP contribution in [-0.4, -0.2) is 22.5 Å². The molecule has 0 bridgehead atoms. The Labute approximate surface area is 110 Å². The van der Waals surface area contributed by atoms with Crippen LogP contribution in [0.25, 0.3) is 0 Å². The highest BCUT2D eigenvalue weighted by atomic mass is 16.5. The normalized spacial score (nSPS) is 11.9. The van der Waals surface area contributed by atoms with Gasteiger partial charge in [-0.15, -0.1) is 0 Å². The SMILES string of the molecule is CCOC(=O)c1coc(NC(C)c2ccncc2)n1. The summed E-state index contributed by atoms with van der Waals surface area (Å²) in [4.78, 5) is 19.4. The molecule has 0 aromatic carbocycles. The number of carbonyl (C=O) groups is 1. The molecule has 0 saturated carbocycles. The van der Waals surface area contributed by atoms with E-state index >= 15 is 0 Å². The standard InChI is InChI=1S/C13H15N3O3/c1-3-18-12(17)11-8-19-13(16-11)15-9(2)10-4-6-14-7-5-10/h4-9H,3H2,1-2H3,(H,15,16). The van der Waals surface area contributed by atoms with E-state index in [0.29, 0.717) is 6.61 Å². The first kappa shape index (κ1) is 13.1. The molecule has 0 spiro atoms. The van der Waals surface area contributed by atoms with Gasteiger partial charge in [0.2, 0.25) is 0 Å². The fourth-order valence-corrected chi connectivity index (χ4v) is 1.56. The van der Waals surface area contributed by atoms with Gasteiger partial charge in [0.25, 0.3) is 6.01 Å². The second kappa shape index (κ2) is 5.99. The van der Waals surface area contributed by atoms with Crippen LogP contribution >= 0.6 is 0 Å². The number of hydrogen-bond acceptors (Lipinski definition) is 6. The van der Waals surface area contributed by atoms with Gasteiger partial charge in [-0.25, -0.2) is 4.79 Å². The third kappa shape index (κ3) is 3.31. The summed E-state index contributed by atoms with van der Waals surface area (Å²) >= 11 is 0. The van der Waals surface area contributed by atoms with E-state index in [1.54, 1.807) is 19.3 Å². The highest BCUT2D eigenvalue weighted by molar-refractivity contribution is 5.87. The highest BCUT2D eigenvalue weighted by Crippen LogP contribution is 2.18. The molecule has 2 heterocycles. The molecule has 1 unspecified atom stereocenters.